The fourth-order valence-electron chi connectivity index (χ4n) is 3.56. The summed E-state index contributed by atoms with van der Waals surface area (Å²) in [5, 5.41) is 0. The van der Waals surface area contributed by atoms with E-state index in [1.54, 1.807) is 0 Å². The summed E-state index contributed by atoms with van der Waals surface area (Å²) in [4.78, 5) is 9.25. The van der Waals surface area contributed by atoms with Crippen LogP contribution in [-0.4, -0.2) is 21.1 Å². The van der Waals surface area contributed by atoms with Crippen LogP contribution in [0.3, 0.4) is 0 Å². The first-order chi connectivity index (χ1) is 14.7. The summed E-state index contributed by atoms with van der Waals surface area (Å²) >= 11 is 0. The van der Waals surface area contributed by atoms with Crippen LogP contribution in [0.1, 0.15) is 22.3 Å². The molecular formula is C26H24N4. The van der Waals surface area contributed by atoms with Gasteiger partial charge in [-0.15, -0.1) is 6.42 Å². The Morgan fingerprint density at radius 2 is 1.93 bits per heavy atom. The minimum Gasteiger partial charge on any atom is -0.332 e. The fourth-order valence-corrected chi connectivity index (χ4v) is 3.56. The summed E-state index contributed by atoms with van der Waals surface area (Å²) in [6.07, 6.45) is 12.3. The van der Waals surface area contributed by atoms with E-state index in [1.807, 2.05) is 30.7 Å². The average Bonchev–Trinajstić information content (AvgIpc) is 3.23. The van der Waals surface area contributed by atoms with E-state index in [2.05, 4.69) is 70.0 Å². The zero-order chi connectivity index (χ0) is 20.9. The maximum atomic E-state index is 5.65. The molecule has 4 aromatic rings. The molecule has 0 saturated heterocycles. The van der Waals surface area contributed by atoms with Crippen LogP contribution in [-0.2, 0) is 13.0 Å². The Kier molecular flexibility index (Phi) is 5.74. The molecule has 148 valence electrons. The van der Waals surface area contributed by atoms with Gasteiger partial charge in [-0.25, -0.2) is 4.98 Å². The Morgan fingerprint density at radius 1 is 1.03 bits per heavy atom. The molecule has 0 spiro atoms. The van der Waals surface area contributed by atoms with Crippen molar-refractivity contribution in [3.63, 3.8) is 0 Å². The predicted molar refractivity (Wildman–Crippen MR) is 122 cm³/mol. The Labute approximate surface area is 177 Å². The standard InChI is InChI=1S/C26H24N4/c1-3-20-7-9-24(25-10-8-21(11-12-27)15-28-25)23(14-20)16-30-17-26(29-18-30)22-6-4-5-19(2)13-22/h1,4-10,13-15,17-18H,11-12,16,27H2,2H3. The molecule has 0 aliphatic carbocycles. The molecular weight excluding hydrogens is 368 g/mol. The number of aryl methyl sites for hydroxylation is 1. The van der Waals surface area contributed by atoms with Crippen LogP contribution in [0.4, 0.5) is 0 Å². The summed E-state index contributed by atoms with van der Waals surface area (Å²) in [5.74, 6) is 2.74. The number of aromatic nitrogens is 3. The Bertz CT molecular complexity index is 1200. The van der Waals surface area contributed by atoms with Gasteiger partial charge in [0.05, 0.1) is 17.7 Å². The number of hydrogen-bond donors (Lipinski definition) is 1. The largest absolute Gasteiger partial charge is 0.332 e. The molecule has 2 N–H and O–H groups in total. The monoisotopic (exact) mass is 392 g/mol. The molecule has 0 aliphatic heterocycles. The normalized spacial score (nSPS) is 10.7. The smallest absolute Gasteiger partial charge is 0.0956 e. The van der Waals surface area contributed by atoms with Gasteiger partial charge in [0.15, 0.2) is 0 Å². The Morgan fingerprint density at radius 3 is 2.67 bits per heavy atom. The highest BCUT2D eigenvalue weighted by Gasteiger charge is 2.10. The molecule has 0 bridgehead atoms. The number of pyridine rings is 1. The molecule has 0 fully saturated rings. The van der Waals surface area contributed by atoms with Gasteiger partial charge in [-0.05, 0) is 55.3 Å². The van der Waals surface area contributed by atoms with Crippen molar-refractivity contribution in [3.05, 3.63) is 95.6 Å². The van der Waals surface area contributed by atoms with Gasteiger partial charge in [0.1, 0.15) is 0 Å². The number of nitrogens with zero attached hydrogens (tertiary/aromatic N) is 3. The van der Waals surface area contributed by atoms with Crippen molar-refractivity contribution in [2.75, 3.05) is 6.54 Å². The SMILES string of the molecule is C#Cc1ccc(-c2ccc(CCN)cn2)c(Cn2cnc(-c3cccc(C)c3)c2)c1. The quantitative estimate of drug-likeness (QED) is 0.493. The van der Waals surface area contributed by atoms with Crippen LogP contribution in [0.15, 0.2) is 73.3 Å². The first-order valence-electron chi connectivity index (χ1n) is 10.00. The lowest BCUT2D eigenvalue weighted by Gasteiger charge is -2.11. The number of imidazole rings is 1. The second-order valence-corrected chi connectivity index (χ2v) is 7.41. The van der Waals surface area contributed by atoms with E-state index in [0.717, 1.165) is 45.6 Å². The first kappa shape index (κ1) is 19.6. The highest BCUT2D eigenvalue weighted by Crippen LogP contribution is 2.25. The number of terminal acetylenes is 1. The van der Waals surface area contributed by atoms with Gasteiger partial charge in [-0.3, -0.25) is 4.98 Å². The van der Waals surface area contributed by atoms with Crippen molar-refractivity contribution >= 4 is 0 Å². The van der Waals surface area contributed by atoms with Crippen molar-refractivity contribution in [3.8, 4) is 34.9 Å². The first-order valence-corrected chi connectivity index (χ1v) is 10.00. The topological polar surface area (TPSA) is 56.7 Å². The molecule has 0 aliphatic rings. The summed E-state index contributed by atoms with van der Waals surface area (Å²) in [6.45, 7) is 3.37. The van der Waals surface area contributed by atoms with Crippen LogP contribution >= 0.6 is 0 Å². The van der Waals surface area contributed by atoms with Gasteiger partial charge in [0, 0.05) is 35.6 Å². The van der Waals surface area contributed by atoms with E-state index in [1.165, 1.54) is 5.56 Å². The summed E-state index contributed by atoms with van der Waals surface area (Å²) in [6, 6.07) is 18.6. The number of rotatable bonds is 6. The van der Waals surface area contributed by atoms with E-state index in [0.29, 0.717) is 13.1 Å². The molecule has 0 atom stereocenters. The van der Waals surface area contributed by atoms with Crippen LogP contribution in [0, 0.1) is 19.3 Å². The number of nitrogens with two attached hydrogens (primary N) is 1. The van der Waals surface area contributed by atoms with E-state index < -0.39 is 0 Å². The maximum Gasteiger partial charge on any atom is 0.0956 e. The van der Waals surface area contributed by atoms with E-state index >= 15 is 0 Å². The van der Waals surface area contributed by atoms with E-state index in [9.17, 15) is 0 Å². The lowest BCUT2D eigenvalue weighted by Crippen LogP contribution is -2.03. The highest BCUT2D eigenvalue weighted by atomic mass is 15.0. The predicted octanol–water partition coefficient (Wildman–Crippen LogP) is 4.45. The van der Waals surface area contributed by atoms with Crippen LogP contribution in [0.25, 0.3) is 22.5 Å². The molecule has 0 saturated carbocycles. The zero-order valence-corrected chi connectivity index (χ0v) is 17.0. The van der Waals surface area contributed by atoms with Gasteiger partial charge in [-0.1, -0.05) is 41.8 Å². The third-order valence-electron chi connectivity index (χ3n) is 5.11. The van der Waals surface area contributed by atoms with Crippen molar-refractivity contribution in [1.82, 2.24) is 14.5 Å². The van der Waals surface area contributed by atoms with Gasteiger partial charge >= 0.3 is 0 Å². The lowest BCUT2D eigenvalue weighted by molar-refractivity contribution is 0.798. The molecule has 30 heavy (non-hydrogen) atoms. The second kappa shape index (κ2) is 8.77. The summed E-state index contributed by atoms with van der Waals surface area (Å²) < 4.78 is 2.08. The molecule has 2 aromatic carbocycles. The molecule has 4 rings (SSSR count). The highest BCUT2D eigenvalue weighted by molar-refractivity contribution is 5.66. The Hall–Kier alpha value is -3.68. The molecule has 2 heterocycles. The van der Waals surface area contributed by atoms with Crippen molar-refractivity contribution < 1.29 is 0 Å². The van der Waals surface area contributed by atoms with Crippen molar-refractivity contribution in [2.45, 2.75) is 19.9 Å². The average molecular weight is 393 g/mol. The number of hydrogen-bond acceptors (Lipinski definition) is 3. The van der Waals surface area contributed by atoms with Gasteiger partial charge in [0.25, 0.3) is 0 Å². The fraction of sp³-hybridized carbons (Fsp3) is 0.154. The minimum absolute atomic E-state index is 0.618. The molecule has 0 unspecified atom stereocenters. The molecule has 4 heteroatoms. The van der Waals surface area contributed by atoms with Crippen LogP contribution in [0.2, 0.25) is 0 Å². The van der Waals surface area contributed by atoms with Crippen molar-refractivity contribution in [1.29, 1.82) is 0 Å². The zero-order valence-electron chi connectivity index (χ0n) is 17.0. The molecule has 2 aromatic heterocycles. The van der Waals surface area contributed by atoms with Crippen LogP contribution in [0.5, 0.6) is 0 Å². The van der Waals surface area contributed by atoms with Gasteiger partial charge in [0.2, 0.25) is 0 Å². The third kappa shape index (κ3) is 4.32. The lowest BCUT2D eigenvalue weighted by atomic mass is 10.00. The Balaban J connectivity index is 1.66. The van der Waals surface area contributed by atoms with E-state index in [-0.39, 0.29) is 0 Å². The minimum atomic E-state index is 0.618. The summed E-state index contributed by atoms with van der Waals surface area (Å²) in [5.41, 5.74) is 14.0. The molecule has 4 nitrogen and oxygen atoms in total. The van der Waals surface area contributed by atoms with Gasteiger partial charge < -0.3 is 10.3 Å². The van der Waals surface area contributed by atoms with Crippen LogP contribution < -0.4 is 5.73 Å². The number of benzene rings is 2. The maximum absolute atomic E-state index is 5.65. The molecule has 0 amide bonds. The van der Waals surface area contributed by atoms with Crippen molar-refractivity contribution in [2.24, 2.45) is 5.73 Å². The molecule has 0 radical (unpaired) electrons. The van der Waals surface area contributed by atoms with Gasteiger partial charge in [-0.2, -0.15) is 0 Å². The van der Waals surface area contributed by atoms with E-state index in [4.69, 9.17) is 12.2 Å². The second-order valence-electron chi connectivity index (χ2n) is 7.41. The summed E-state index contributed by atoms with van der Waals surface area (Å²) in [7, 11) is 0. The third-order valence-corrected chi connectivity index (χ3v) is 5.11.